The standard InChI is InChI=1S/C6H12N2/c7-6-4-2-1-3-5-8-6/h1-2,6,8H,3-5,7H2. The van der Waals surface area contributed by atoms with E-state index in [2.05, 4.69) is 17.5 Å². The highest BCUT2D eigenvalue weighted by Crippen LogP contribution is 1.93. The van der Waals surface area contributed by atoms with Gasteiger partial charge in [0.05, 0.1) is 6.17 Å². The summed E-state index contributed by atoms with van der Waals surface area (Å²) in [5, 5.41) is 3.16. The van der Waals surface area contributed by atoms with Gasteiger partial charge in [-0.15, -0.1) is 0 Å². The molecule has 2 heteroatoms. The topological polar surface area (TPSA) is 38.0 Å². The molecule has 1 unspecified atom stereocenters. The first-order chi connectivity index (χ1) is 3.89. The molecule has 0 aromatic heterocycles. The zero-order valence-electron chi connectivity index (χ0n) is 4.93. The molecule has 8 heavy (non-hydrogen) atoms. The zero-order valence-corrected chi connectivity index (χ0v) is 4.93. The SMILES string of the molecule is NC1CC=CCCN1. The molecule has 1 aliphatic rings. The van der Waals surface area contributed by atoms with Gasteiger partial charge in [0.15, 0.2) is 0 Å². The van der Waals surface area contributed by atoms with Gasteiger partial charge in [0.25, 0.3) is 0 Å². The Labute approximate surface area is 49.8 Å². The lowest BCUT2D eigenvalue weighted by Gasteiger charge is -2.06. The van der Waals surface area contributed by atoms with Crippen molar-refractivity contribution >= 4 is 0 Å². The Morgan fingerprint density at radius 3 is 3.25 bits per heavy atom. The number of hydrogen-bond acceptors (Lipinski definition) is 2. The van der Waals surface area contributed by atoms with E-state index in [4.69, 9.17) is 5.73 Å². The Bertz CT molecular complexity index is 88.5. The second-order valence-corrected chi connectivity index (χ2v) is 2.06. The van der Waals surface area contributed by atoms with E-state index in [0.29, 0.717) is 0 Å². The van der Waals surface area contributed by atoms with Gasteiger partial charge in [-0.2, -0.15) is 0 Å². The third kappa shape index (κ3) is 1.64. The van der Waals surface area contributed by atoms with E-state index < -0.39 is 0 Å². The zero-order chi connectivity index (χ0) is 5.82. The van der Waals surface area contributed by atoms with Crippen molar-refractivity contribution in [3.8, 4) is 0 Å². The molecule has 0 saturated carbocycles. The van der Waals surface area contributed by atoms with Crippen LogP contribution in [0.25, 0.3) is 0 Å². The van der Waals surface area contributed by atoms with Crippen molar-refractivity contribution in [2.24, 2.45) is 5.73 Å². The summed E-state index contributed by atoms with van der Waals surface area (Å²) in [6, 6.07) is 0. The van der Waals surface area contributed by atoms with Crippen LogP contribution in [0.3, 0.4) is 0 Å². The van der Waals surface area contributed by atoms with Crippen LogP contribution in [0.2, 0.25) is 0 Å². The Morgan fingerprint density at radius 1 is 1.50 bits per heavy atom. The second-order valence-electron chi connectivity index (χ2n) is 2.06. The average Bonchev–Trinajstić information content (AvgIpc) is 1.94. The van der Waals surface area contributed by atoms with Crippen molar-refractivity contribution in [2.45, 2.75) is 19.0 Å². The summed E-state index contributed by atoms with van der Waals surface area (Å²) < 4.78 is 0. The van der Waals surface area contributed by atoms with Gasteiger partial charge in [-0.3, -0.25) is 0 Å². The molecule has 1 rings (SSSR count). The van der Waals surface area contributed by atoms with Crippen molar-refractivity contribution in [1.29, 1.82) is 0 Å². The third-order valence-corrected chi connectivity index (χ3v) is 1.27. The summed E-state index contributed by atoms with van der Waals surface area (Å²) in [6.07, 6.45) is 6.58. The lowest BCUT2D eigenvalue weighted by Crippen LogP contribution is -2.36. The first-order valence-corrected chi connectivity index (χ1v) is 3.03. The maximum atomic E-state index is 5.57. The van der Waals surface area contributed by atoms with Crippen LogP contribution in [0.4, 0.5) is 0 Å². The molecule has 0 amide bonds. The van der Waals surface area contributed by atoms with Crippen molar-refractivity contribution in [1.82, 2.24) is 5.32 Å². The van der Waals surface area contributed by atoms with Crippen molar-refractivity contribution in [2.75, 3.05) is 6.54 Å². The molecule has 3 N–H and O–H groups in total. The predicted octanol–water partition coefficient (Wildman–Crippen LogP) is 0.211. The van der Waals surface area contributed by atoms with Gasteiger partial charge in [0.2, 0.25) is 0 Å². The fraction of sp³-hybridized carbons (Fsp3) is 0.667. The summed E-state index contributed by atoms with van der Waals surface area (Å²) in [6.45, 7) is 1.03. The van der Waals surface area contributed by atoms with Gasteiger partial charge >= 0.3 is 0 Å². The third-order valence-electron chi connectivity index (χ3n) is 1.27. The van der Waals surface area contributed by atoms with Crippen LogP contribution < -0.4 is 11.1 Å². The largest absolute Gasteiger partial charge is 0.316 e. The summed E-state index contributed by atoms with van der Waals surface area (Å²) in [5.41, 5.74) is 5.57. The maximum absolute atomic E-state index is 5.57. The van der Waals surface area contributed by atoms with Crippen molar-refractivity contribution in [3.05, 3.63) is 12.2 Å². The molecule has 1 aliphatic heterocycles. The highest BCUT2D eigenvalue weighted by Gasteiger charge is 1.98. The summed E-state index contributed by atoms with van der Waals surface area (Å²) in [7, 11) is 0. The molecule has 0 aromatic carbocycles. The van der Waals surface area contributed by atoms with Crippen molar-refractivity contribution in [3.63, 3.8) is 0 Å². The van der Waals surface area contributed by atoms with Gasteiger partial charge in [-0.25, -0.2) is 0 Å². The number of nitrogens with one attached hydrogen (secondary N) is 1. The van der Waals surface area contributed by atoms with Gasteiger partial charge in [0.1, 0.15) is 0 Å². The monoisotopic (exact) mass is 112 g/mol. The molecule has 0 fully saturated rings. The first-order valence-electron chi connectivity index (χ1n) is 3.03. The Hall–Kier alpha value is -0.340. The number of hydrogen-bond donors (Lipinski definition) is 2. The molecule has 1 atom stereocenters. The van der Waals surface area contributed by atoms with Crippen LogP contribution in [0.5, 0.6) is 0 Å². The maximum Gasteiger partial charge on any atom is 0.0581 e. The highest BCUT2D eigenvalue weighted by molar-refractivity contribution is 4.88. The molecule has 0 aliphatic carbocycles. The molecule has 2 nitrogen and oxygen atoms in total. The predicted molar refractivity (Wildman–Crippen MR) is 34.4 cm³/mol. The Balaban J connectivity index is 2.30. The van der Waals surface area contributed by atoms with Crippen LogP contribution in [-0.2, 0) is 0 Å². The summed E-state index contributed by atoms with van der Waals surface area (Å²) in [4.78, 5) is 0. The average molecular weight is 112 g/mol. The van der Waals surface area contributed by atoms with E-state index in [0.717, 1.165) is 19.4 Å². The normalized spacial score (nSPS) is 29.9. The molecule has 0 spiro atoms. The van der Waals surface area contributed by atoms with Crippen LogP contribution >= 0.6 is 0 Å². The fourth-order valence-corrected chi connectivity index (χ4v) is 0.796. The van der Waals surface area contributed by atoms with Crippen molar-refractivity contribution < 1.29 is 0 Å². The minimum Gasteiger partial charge on any atom is -0.316 e. The molecule has 0 bridgehead atoms. The van der Waals surface area contributed by atoms with Crippen LogP contribution in [0.15, 0.2) is 12.2 Å². The number of rotatable bonds is 0. The van der Waals surface area contributed by atoms with E-state index in [-0.39, 0.29) is 6.17 Å². The van der Waals surface area contributed by atoms with Gasteiger partial charge in [-0.05, 0) is 12.8 Å². The van der Waals surface area contributed by atoms with E-state index in [1.807, 2.05) is 0 Å². The molecule has 1 heterocycles. The Morgan fingerprint density at radius 2 is 2.38 bits per heavy atom. The first kappa shape index (κ1) is 5.79. The number of nitrogens with two attached hydrogens (primary N) is 1. The lowest BCUT2D eigenvalue weighted by molar-refractivity contribution is 0.550. The van der Waals surface area contributed by atoms with Crippen LogP contribution in [0, 0.1) is 0 Å². The van der Waals surface area contributed by atoms with E-state index in [9.17, 15) is 0 Å². The summed E-state index contributed by atoms with van der Waals surface area (Å²) >= 11 is 0. The Kier molecular flexibility index (Phi) is 2.06. The molecule has 0 radical (unpaired) electrons. The van der Waals surface area contributed by atoms with Gasteiger partial charge in [0, 0.05) is 6.54 Å². The van der Waals surface area contributed by atoms with E-state index in [1.165, 1.54) is 0 Å². The minimum atomic E-state index is 0.189. The quantitative estimate of drug-likeness (QED) is 0.440. The van der Waals surface area contributed by atoms with Gasteiger partial charge < -0.3 is 11.1 Å². The van der Waals surface area contributed by atoms with E-state index in [1.54, 1.807) is 0 Å². The molecule has 0 saturated heterocycles. The summed E-state index contributed by atoms with van der Waals surface area (Å²) in [5.74, 6) is 0. The van der Waals surface area contributed by atoms with E-state index >= 15 is 0 Å². The van der Waals surface area contributed by atoms with Crippen LogP contribution in [0.1, 0.15) is 12.8 Å². The molecule has 46 valence electrons. The smallest absolute Gasteiger partial charge is 0.0581 e. The molecule has 0 aromatic rings. The lowest BCUT2D eigenvalue weighted by atomic mass is 10.3. The molecular weight excluding hydrogens is 100 g/mol. The fourth-order valence-electron chi connectivity index (χ4n) is 0.796. The second kappa shape index (κ2) is 2.84. The van der Waals surface area contributed by atoms with Gasteiger partial charge in [-0.1, -0.05) is 12.2 Å². The van der Waals surface area contributed by atoms with Crippen LogP contribution in [-0.4, -0.2) is 12.7 Å². The minimum absolute atomic E-state index is 0.189. The molecular formula is C6H12N2. The highest BCUT2D eigenvalue weighted by atomic mass is 15.0.